The van der Waals surface area contributed by atoms with E-state index in [-0.39, 0.29) is 23.6 Å². The molecule has 0 saturated carbocycles. The summed E-state index contributed by atoms with van der Waals surface area (Å²) in [5, 5.41) is 9.68. The number of nitrogens with zero attached hydrogens (tertiary/aromatic N) is 2. The van der Waals surface area contributed by atoms with Gasteiger partial charge in [0, 0.05) is 32.6 Å². The molecule has 1 atom stereocenters. The molecule has 3 heterocycles. The largest absolute Gasteiger partial charge is 0.461 e. The van der Waals surface area contributed by atoms with Gasteiger partial charge in [-0.25, -0.2) is 0 Å². The van der Waals surface area contributed by atoms with Crippen molar-refractivity contribution < 1.29 is 14.6 Å². The van der Waals surface area contributed by atoms with E-state index in [1.807, 2.05) is 0 Å². The molecule has 3 aliphatic heterocycles. The Balaban J connectivity index is 1.27. The van der Waals surface area contributed by atoms with E-state index in [0.29, 0.717) is 5.92 Å². The SMILES string of the molecule is CC(C)c1ccc(CN2CCC3(CC2)CC(CN2CCC(O)CC2)OC3=O)cc1. The molecular formula is C24H36N2O3. The number of benzene rings is 1. The molecule has 3 fully saturated rings. The third-order valence-electron chi connectivity index (χ3n) is 7.21. The molecular weight excluding hydrogens is 364 g/mol. The predicted molar refractivity (Wildman–Crippen MR) is 114 cm³/mol. The van der Waals surface area contributed by atoms with Crippen LogP contribution in [0.2, 0.25) is 0 Å². The molecule has 3 aliphatic rings. The van der Waals surface area contributed by atoms with Crippen molar-refractivity contribution in [3.05, 3.63) is 35.4 Å². The minimum Gasteiger partial charge on any atom is -0.461 e. The van der Waals surface area contributed by atoms with Crippen LogP contribution in [0, 0.1) is 5.41 Å². The van der Waals surface area contributed by atoms with Gasteiger partial charge in [0.1, 0.15) is 6.10 Å². The monoisotopic (exact) mass is 400 g/mol. The van der Waals surface area contributed by atoms with E-state index < -0.39 is 0 Å². The van der Waals surface area contributed by atoms with E-state index in [0.717, 1.165) is 71.4 Å². The predicted octanol–water partition coefficient (Wildman–Crippen LogP) is 3.16. The summed E-state index contributed by atoms with van der Waals surface area (Å²) in [6, 6.07) is 8.97. The van der Waals surface area contributed by atoms with Gasteiger partial charge in [0.2, 0.25) is 0 Å². The Labute approximate surface area is 175 Å². The Hall–Kier alpha value is -1.43. The zero-order valence-corrected chi connectivity index (χ0v) is 18.0. The van der Waals surface area contributed by atoms with Gasteiger partial charge < -0.3 is 9.84 Å². The van der Waals surface area contributed by atoms with E-state index in [2.05, 4.69) is 47.9 Å². The van der Waals surface area contributed by atoms with Crippen molar-refractivity contribution >= 4 is 5.97 Å². The lowest BCUT2D eigenvalue weighted by atomic mass is 9.76. The number of aliphatic hydroxyl groups excluding tert-OH is 1. The van der Waals surface area contributed by atoms with Crippen molar-refractivity contribution in [2.45, 2.75) is 70.6 Å². The molecule has 4 rings (SSSR count). The maximum Gasteiger partial charge on any atom is 0.312 e. The number of esters is 1. The van der Waals surface area contributed by atoms with Gasteiger partial charge in [0.15, 0.2) is 0 Å². The van der Waals surface area contributed by atoms with E-state index in [4.69, 9.17) is 4.74 Å². The van der Waals surface area contributed by atoms with Crippen molar-refractivity contribution in [3.8, 4) is 0 Å². The molecule has 0 aromatic heterocycles. The molecule has 1 N–H and O–H groups in total. The van der Waals surface area contributed by atoms with Gasteiger partial charge in [-0.05, 0) is 55.8 Å². The lowest BCUT2D eigenvalue weighted by molar-refractivity contribution is -0.151. The van der Waals surface area contributed by atoms with Crippen LogP contribution < -0.4 is 0 Å². The Morgan fingerprint density at radius 3 is 2.34 bits per heavy atom. The van der Waals surface area contributed by atoms with Crippen LogP contribution in [0.25, 0.3) is 0 Å². The minimum atomic E-state index is -0.266. The molecule has 1 unspecified atom stereocenters. The van der Waals surface area contributed by atoms with E-state index in [1.165, 1.54) is 11.1 Å². The summed E-state index contributed by atoms with van der Waals surface area (Å²) >= 11 is 0. The smallest absolute Gasteiger partial charge is 0.312 e. The van der Waals surface area contributed by atoms with E-state index in [1.54, 1.807) is 0 Å². The molecule has 3 saturated heterocycles. The third kappa shape index (κ3) is 4.84. The number of ether oxygens (including phenoxy) is 1. The molecule has 5 nitrogen and oxygen atoms in total. The van der Waals surface area contributed by atoms with Crippen LogP contribution >= 0.6 is 0 Å². The third-order valence-corrected chi connectivity index (χ3v) is 7.21. The van der Waals surface area contributed by atoms with Gasteiger partial charge in [-0.15, -0.1) is 0 Å². The van der Waals surface area contributed by atoms with Crippen molar-refractivity contribution in [3.63, 3.8) is 0 Å². The summed E-state index contributed by atoms with van der Waals surface area (Å²) in [4.78, 5) is 17.5. The first kappa shape index (κ1) is 20.8. The fourth-order valence-corrected chi connectivity index (χ4v) is 5.14. The Kier molecular flexibility index (Phi) is 6.28. The first-order valence-corrected chi connectivity index (χ1v) is 11.4. The van der Waals surface area contributed by atoms with Gasteiger partial charge in [0.05, 0.1) is 11.5 Å². The first-order chi connectivity index (χ1) is 13.9. The second kappa shape index (κ2) is 8.75. The number of carbonyl (C=O) groups is 1. The number of carbonyl (C=O) groups excluding carboxylic acids is 1. The number of cyclic esters (lactones) is 1. The number of aliphatic hydroxyl groups is 1. The summed E-state index contributed by atoms with van der Waals surface area (Å²) in [6.07, 6.45) is 4.21. The quantitative estimate of drug-likeness (QED) is 0.770. The standard InChI is InChI=1S/C24H36N2O3/c1-18(2)20-5-3-19(4-6-20)16-26-13-9-24(10-14-26)15-22(29-23(24)28)17-25-11-7-21(27)8-12-25/h3-6,18,21-22,27H,7-17H2,1-2H3. The molecule has 1 spiro atoms. The lowest BCUT2D eigenvalue weighted by Gasteiger charge is -2.36. The van der Waals surface area contributed by atoms with E-state index in [9.17, 15) is 9.90 Å². The zero-order chi connectivity index (χ0) is 20.4. The van der Waals surface area contributed by atoms with Crippen molar-refractivity contribution in [1.82, 2.24) is 9.80 Å². The summed E-state index contributed by atoms with van der Waals surface area (Å²) < 4.78 is 5.81. The topological polar surface area (TPSA) is 53.0 Å². The normalized spacial score (nSPS) is 26.3. The highest BCUT2D eigenvalue weighted by Crippen LogP contribution is 2.43. The number of hydrogen-bond donors (Lipinski definition) is 1. The number of likely N-dealkylation sites (tertiary alicyclic amines) is 2. The summed E-state index contributed by atoms with van der Waals surface area (Å²) in [5.74, 6) is 0.593. The minimum absolute atomic E-state index is 0.0212. The molecule has 0 amide bonds. The average Bonchev–Trinajstić information content (AvgIpc) is 3.00. The second-order valence-corrected chi connectivity index (χ2v) is 9.72. The fraction of sp³-hybridized carbons (Fsp3) is 0.708. The maximum atomic E-state index is 12.7. The molecule has 1 aromatic rings. The Morgan fingerprint density at radius 1 is 1.07 bits per heavy atom. The fourth-order valence-electron chi connectivity index (χ4n) is 5.14. The van der Waals surface area contributed by atoms with Crippen LogP contribution in [-0.4, -0.2) is 65.8 Å². The van der Waals surface area contributed by atoms with Crippen LogP contribution in [0.1, 0.15) is 63.0 Å². The Bertz CT molecular complexity index is 687. The number of piperidine rings is 2. The van der Waals surface area contributed by atoms with Crippen LogP contribution in [0.15, 0.2) is 24.3 Å². The molecule has 0 aliphatic carbocycles. The van der Waals surface area contributed by atoms with Gasteiger partial charge in [0.25, 0.3) is 0 Å². The van der Waals surface area contributed by atoms with Crippen LogP contribution in [-0.2, 0) is 16.1 Å². The summed E-state index contributed by atoms with van der Waals surface area (Å²) in [7, 11) is 0. The first-order valence-electron chi connectivity index (χ1n) is 11.4. The van der Waals surface area contributed by atoms with E-state index >= 15 is 0 Å². The molecule has 0 radical (unpaired) electrons. The molecule has 0 bridgehead atoms. The Morgan fingerprint density at radius 2 is 1.72 bits per heavy atom. The summed E-state index contributed by atoms with van der Waals surface area (Å²) in [6.45, 7) is 9.98. The average molecular weight is 401 g/mol. The maximum absolute atomic E-state index is 12.7. The van der Waals surface area contributed by atoms with Crippen LogP contribution in [0.5, 0.6) is 0 Å². The van der Waals surface area contributed by atoms with Crippen molar-refractivity contribution in [1.29, 1.82) is 0 Å². The lowest BCUT2D eigenvalue weighted by Crippen LogP contribution is -2.42. The van der Waals surface area contributed by atoms with Crippen LogP contribution in [0.3, 0.4) is 0 Å². The highest BCUT2D eigenvalue weighted by molar-refractivity contribution is 5.79. The summed E-state index contributed by atoms with van der Waals surface area (Å²) in [5.41, 5.74) is 2.47. The zero-order valence-electron chi connectivity index (χ0n) is 18.0. The molecule has 29 heavy (non-hydrogen) atoms. The number of rotatable bonds is 5. The van der Waals surface area contributed by atoms with Crippen molar-refractivity contribution in [2.24, 2.45) is 5.41 Å². The highest BCUT2D eigenvalue weighted by atomic mass is 16.6. The van der Waals surface area contributed by atoms with Gasteiger partial charge >= 0.3 is 5.97 Å². The van der Waals surface area contributed by atoms with Gasteiger partial charge in [-0.3, -0.25) is 14.6 Å². The number of hydrogen-bond acceptors (Lipinski definition) is 5. The molecule has 160 valence electrons. The van der Waals surface area contributed by atoms with Crippen LogP contribution in [0.4, 0.5) is 0 Å². The highest BCUT2D eigenvalue weighted by Gasteiger charge is 2.50. The van der Waals surface area contributed by atoms with Crippen molar-refractivity contribution in [2.75, 3.05) is 32.7 Å². The second-order valence-electron chi connectivity index (χ2n) is 9.72. The van der Waals surface area contributed by atoms with Gasteiger partial charge in [-0.1, -0.05) is 38.1 Å². The molecule has 5 heteroatoms. The molecule has 1 aromatic carbocycles. The van der Waals surface area contributed by atoms with Gasteiger partial charge in [-0.2, -0.15) is 0 Å².